The highest BCUT2D eigenvalue weighted by molar-refractivity contribution is 7.99. The van der Waals surface area contributed by atoms with Crippen LogP contribution in [-0.2, 0) is 6.42 Å². The molecule has 72 valence electrons. The lowest BCUT2D eigenvalue weighted by molar-refractivity contribution is 0.404. The summed E-state index contributed by atoms with van der Waals surface area (Å²) in [5, 5.41) is 0. The average Bonchev–Trinajstić information content (AvgIpc) is 2.18. The van der Waals surface area contributed by atoms with E-state index in [0.29, 0.717) is 0 Å². The normalized spacial score (nSPS) is 10.1. The summed E-state index contributed by atoms with van der Waals surface area (Å²) in [6, 6.07) is 6.39. The Morgan fingerprint density at radius 3 is 2.62 bits per heavy atom. The molecule has 0 heterocycles. The van der Waals surface area contributed by atoms with Crippen molar-refractivity contribution < 1.29 is 4.74 Å². The number of rotatable bonds is 4. The van der Waals surface area contributed by atoms with Gasteiger partial charge in [0.1, 0.15) is 5.75 Å². The molecular weight excluding hydrogens is 180 g/mol. The second-order valence-electron chi connectivity index (χ2n) is 2.77. The zero-order chi connectivity index (χ0) is 9.68. The number of hydrogen-bond donors (Lipinski definition) is 0. The number of aryl methyl sites for hydroxylation is 1. The summed E-state index contributed by atoms with van der Waals surface area (Å²) < 4.78 is 5.28. The van der Waals surface area contributed by atoms with E-state index in [1.54, 1.807) is 7.11 Å². The second kappa shape index (κ2) is 5.18. The molecule has 0 aliphatic carbocycles. The largest absolute Gasteiger partial charge is 0.496 e. The summed E-state index contributed by atoms with van der Waals surface area (Å²) in [6.45, 7) is 4.32. The van der Waals surface area contributed by atoms with Gasteiger partial charge >= 0.3 is 0 Å². The van der Waals surface area contributed by atoms with Crippen molar-refractivity contribution in [2.75, 3.05) is 12.9 Å². The van der Waals surface area contributed by atoms with E-state index in [-0.39, 0.29) is 0 Å². The topological polar surface area (TPSA) is 9.23 Å². The van der Waals surface area contributed by atoms with Crippen LogP contribution >= 0.6 is 11.8 Å². The van der Waals surface area contributed by atoms with E-state index in [0.717, 1.165) is 17.9 Å². The van der Waals surface area contributed by atoms with Crippen molar-refractivity contribution in [3.05, 3.63) is 23.8 Å². The second-order valence-corrected chi connectivity index (χ2v) is 4.08. The zero-order valence-corrected chi connectivity index (χ0v) is 9.28. The maximum absolute atomic E-state index is 5.28. The van der Waals surface area contributed by atoms with Crippen LogP contribution in [0.2, 0.25) is 0 Å². The lowest BCUT2D eigenvalue weighted by atomic mass is 10.2. The van der Waals surface area contributed by atoms with E-state index in [1.165, 1.54) is 10.5 Å². The predicted octanol–water partition coefficient (Wildman–Crippen LogP) is 3.37. The summed E-state index contributed by atoms with van der Waals surface area (Å²) in [4.78, 5) is 1.25. The van der Waals surface area contributed by atoms with Gasteiger partial charge < -0.3 is 4.74 Å². The van der Waals surface area contributed by atoms with Crippen LogP contribution in [0.3, 0.4) is 0 Å². The molecule has 0 aromatic heterocycles. The molecule has 0 unspecified atom stereocenters. The smallest absolute Gasteiger partial charge is 0.132 e. The first-order valence-corrected chi connectivity index (χ1v) is 5.60. The molecule has 0 N–H and O–H groups in total. The van der Waals surface area contributed by atoms with E-state index in [1.807, 2.05) is 11.8 Å². The molecule has 0 bridgehead atoms. The average molecular weight is 196 g/mol. The summed E-state index contributed by atoms with van der Waals surface area (Å²) in [5.41, 5.74) is 1.37. The van der Waals surface area contributed by atoms with Gasteiger partial charge in [-0.05, 0) is 29.9 Å². The zero-order valence-electron chi connectivity index (χ0n) is 8.46. The Morgan fingerprint density at radius 1 is 1.31 bits per heavy atom. The molecule has 13 heavy (non-hydrogen) atoms. The van der Waals surface area contributed by atoms with Crippen molar-refractivity contribution in [3.63, 3.8) is 0 Å². The molecule has 1 aromatic carbocycles. The molecular formula is C11H16OS. The number of methoxy groups -OCH3 is 1. The minimum Gasteiger partial charge on any atom is -0.496 e. The van der Waals surface area contributed by atoms with Crippen molar-refractivity contribution >= 4 is 11.8 Å². The van der Waals surface area contributed by atoms with Crippen molar-refractivity contribution in [1.82, 2.24) is 0 Å². The molecule has 2 heteroatoms. The molecule has 1 rings (SSSR count). The van der Waals surface area contributed by atoms with Gasteiger partial charge in [0, 0.05) is 4.90 Å². The van der Waals surface area contributed by atoms with Crippen LogP contribution in [0.1, 0.15) is 19.4 Å². The maximum Gasteiger partial charge on any atom is 0.132 e. The summed E-state index contributed by atoms with van der Waals surface area (Å²) in [7, 11) is 1.72. The highest BCUT2D eigenvalue weighted by Gasteiger charge is 2.02. The van der Waals surface area contributed by atoms with Gasteiger partial charge in [-0.3, -0.25) is 0 Å². The van der Waals surface area contributed by atoms with Gasteiger partial charge in [-0.2, -0.15) is 0 Å². The Labute approximate surface area is 84.5 Å². The van der Waals surface area contributed by atoms with Gasteiger partial charge in [0.25, 0.3) is 0 Å². The van der Waals surface area contributed by atoms with Gasteiger partial charge in [-0.1, -0.05) is 19.9 Å². The monoisotopic (exact) mass is 196 g/mol. The van der Waals surface area contributed by atoms with Crippen LogP contribution in [-0.4, -0.2) is 12.9 Å². The van der Waals surface area contributed by atoms with Gasteiger partial charge in [0.05, 0.1) is 7.11 Å². The Morgan fingerprint density at radius 2 is 2.08 bits per heavy atom. The summed E-state index contributed by atoms with van der Waals surface area (Å²) in [6.07, 6.45) is 1.08. The number of ether oxygens (including phenoxy) is 1. The SMILES string of the molecule is CCSc1cc(CC)ccc1OC. The van der Waals surface area contributed by atoms with Gasteiger partial charge in [-0.25, -0.2) is 0 Å². The van der Waals surface area contributed by atoms with Crippen molar-refractivity contribution in [2.24, 2.45) is 0 Å². The molecule has 1 nitrogen and oxygen atoms in total. The Bertz CT molecular complexity index is 271. The lowest BCUT2D eigenvalue weighted by Crippen LogP contribution is -1.88. The van der Waals surface area contributed by atoms with Crippen LogP contribution in [0.15, 0.2) is 23.1 Å². The number of hydrogen-bond acceptors (Lipinski definition) is 2. The Kier molecular flexibility index (Phi) is 4.16. The maximum atomic E-state index is 5.28. The van der Waals surface area contributed by atoms with Gasteiger partial charge in [0.2, 0.25) is 0 Å². The molecule has 0 saturated carbocycles. The van der Waals surface area contributed by atoms with E-state index >= 15 is 0 Å². The molecule has 0 aliphatic heterocycles. The van der Waals surface area contributed by atoms with E-state index < -0.39 is 0 Å². The van der Waals surface area contributed by atoms with Crippen LogP contribution in [0.4, 0.5) is 0 Å². The molecule has 0 spiro atoms. The third-order valence-electron chi connectivity index (χ3n) is 1.94. The first kappa shape index (κ1) is 10.5. The fraction of sp³-hybridized carbons (Fsp3) is 0.455. The van der Waals surface area contributed by atoms with E-state index in [9.17, 15) is 0 Å². The molecule has 0 radical (unpaired) electrons. The number of benzene rings is 1. The first-order valence-electron chi connectivity index (χ1n) is 4.61. The molecule has 0 fully saturated rings. The number of thioether (sulfide) groups is 1. The Hall–Kier alpha value is -0.630. The van der Waals surface area contributed by atoms with Crippen molar-refractivity contribution in [2.45, 2.75) is 25.2 Å². The van der Waals surface area contributed by atoms with Crippen molar-refractivity contribution in [3.8, 4) is 5.75 Å². The third kappa shape index (κ3) is 2.66. The minimum absolute atomic E-state index is 0.990. The summed E-state index contributed by atoms with van der Waals surface area (Å²) in [5.74, 6) is 2.08. The van der Waals surface area contributed by atoms with Crippen LogP contribution < -0.4 is 4.74 Å². The Balaban J connectivity index is 2.95. The molecule has 0 atom stereocenters. The van der Waals surface area contributed by atoms with E-state index in [4.69, 9.17) is 4.74 Å². The minimum atomic E-state index is 0.990. The van der Waals surface area contributed by atoms with Gasteiger partial charge in [0.15, 0.2) is 0 Å². The van der Waals surface area contributed by atoms with Crippen LogP contribution in [0.25, 0.3) is 0 Å². The lowest BCUT2D eigenvalue weighted by Gasteiger charge is -2.08. The molecule has 0 amide bonds. The fourth-order valence-electron chi connectivity index (χ4n) is 1.21. The van der Waals surface area contributed by atoms with E-state index in [2.05, 4.69) is 32.0 Å². The highest BCUT2D eigenvalue weighted by atomic mass is 32.2. The van der Waals surface area contributed by atoms with Crippen LogP contribution in [0, 0.1) is 0 Å². The predicted molar refractivity (Wildman–Crippen MR) is 58.8 cm³/mol. The molecule has 1 aromatic rings. The quantitative estimate of drug-likeness (QED) is 0.683. The standard InChI is InChI=1S/C11H16OS/c1-4-9-6-7-10(12-3)11(8-9)13-5-2/h6-8H,4-5H2,1-3H3. The van der Waals surface area contributed by atoms with Crippen LogP contribution in [0.5, 0.6) is 5.75 Å². The molecule has 0 aliphatic rings. The summed E-state index contributed by atoms with van der Waals surface area (Å²) >= 11 is 1.83. The van der Waals surface area contributed by atoms with Gasteiger partial charge in [-0.15, -0.1) is 11.8 Å². The highest BCUT2D eigenvalue weighted by Crippen LogP contribution is 2.29. The fourth-order valence-corrected chi connectivity index (χ4v) is 2.05. The molecule has 0 saturated heterocycles. The first-order chi connectivity index (χ1) is 6.31. The van der Waals surface area contributed by atoms with Crippen molar-refractivity contribution in [1.29, 1.82) is 0 Å². The third-order valence-corrected chi connectivity index (χ3v) is 2.85.